The number of hydrogen-bond acceptors (Lipinski definition) is 6. The van der Waals surface area contributed by atoms with Crippen LogP contribution in [0.4, 0.5) is 0 Å². The first-order valence-electron chi connectivity index (χ1n) is 7.82. The first-order valence-corrected chi connectivity index (χ1v) is 8.81. The average Bonchev–Trinajstić information content (AvgIpc) is 3.33. The second-order valence-electron chi connectivity index (χ2n) is 5.59. The number of para-hydroxylation sites is 1. The van der Waals surface area contributed by atoms with Crippen molar-refractivity contribution in [2.24, 2.45) is 0 Å². The van der Waals surface area contributed by atoms with Gasteiger partial charge in [-0.25, -0.2) is 0 Å². The van der Waals surface area contributed by atoms with Crippen LogP contribution >= 0.6 is 11.8 Å². The predicted octanol–water partition coefficient (Wildman–Crippen LogP) is 4.42. The van der Waals surface area contributed by atoms with Crippen LogP contribution in [0.1, 0.15) is 17.2 Å². The van der Waals surface area contributed by atoms with Gasteiger partial charge in [0, 0.05) is 17.5 Å². The van der Waals surface area contributed by atoms with Gasteiger partial charge in [0.15, 0.2) is 11.0 Å². The molecule has 0 radical (unpaired) electrons. The number of nitrogens with zero attached hydrogens (tertiary/aromatic N) is 4. The summed E-state index contributed by atoms with van der Waals surface area (Å²) in [6, 6.07) is 13.9. The van der Waals surface area contributed by atoms with Gasteiger partial charge in [-0.15, -0.1) is 10.2 Å². The van der Waals surface area contributed by atoms with Crippen molar-refractivity contribution < 1.29 is 8.94 Å². The van der Waals surface area contributed by atoms with Gasteiger partial charge in [0.2, 0.25) is 0 Å². The lowest BCUT2D eigenvalue weighted by molar-refractivity contribution is 0.393. The molecule has 4 aromatic rings. The Balaban J connectivity index is 1.74. The number of aromatic nitrogens is 4. The highest BCUT2D eigenvalue weighted by atomic mass is 32.2. The van der Waals surface area contributed by atoms with Gasteiger partial charge in [0.25, 0.3) is 0 Å². The second-order valence-corrected chi connectivity index (χ2v) is 6.53. The highest BCUT2D eigenvalue weighted by Crippen LogP contribution is 2.31. The van der Waals surface area contributed by atoms with Crippen LogP contribution < -0.4 is 0 Å². The molecular weight excluding hydrogens is 336 g/mol. The van der Waals surface area contributed by atoms with E-state index < -0.39 is 0 Å². The molecule has 0 aliphatic rings. The van der Waals surface area contributed by atoms with Gasteiger partial charge in [-0.1, -0.05) is 35.1 Å². The fourth-order valence-corrected chi connectivity index (χ4v) is 3.42. The van der Waals surface area contributed by atoms with E-state index in [1.807, 2.05) is 60.9 Å². The number of aryl methyl sites for hydroxylation is 2. The van der Waals surface area contributed by atoms with E-state index in [2.05, 4.69) is 15.4 Å². The maximum Gasteiger partial charge on any atom is 0.196 e. The first-order chi connectivity index (χ1) is 12.2. The van der Waals surface area contributed by atoms with Crippen LogP contribution in [-0.2, 0) is 5.75 Å². The summed E-state index contributed by atoms with van der Waals surface area (Å²) in [7, 11) is 0. The van der Waals surface area contributed by atoms with Crippen LogP contribution in [-0.4, -0.2) is 19.9 Å². The van der Waals surface area contributed by atoms with Crippen LogP contribution in [0.5, 0.6) is 0 Å². The van der Waals surface area contributed by atoms with E-state index in [9.17, 15) is 0 Å². The van der Waals surface area contributed by atoms with Crippen molar-refractivity contribution in [1.29, 1.82) is 0 Å². The molecule has 0 bridgehead atoms. The minimum absolute atomic E-state index is 0.659. The maximum absolute atomic E-state index is 5.44. The zero-order chi connectivity index (χ0) is 17.2. The average molecular weight is 352 g/mol. The highest BCUT2D eigenvalue weighted by molar-refractivity contribution is 7.98. The molecule has 3 heterocycles. The Morgan fingerprint density at radius 1 is 1.08 bits per heavy atom. The second kappa shape index (κ2) is 6.60. The van der Waals surface area contributed by atoms with E-state index >= 15 is 0 Å². The predicted molar refractivity (Wildman–Crippen MR) is 94.6 cm³/mol. The number of benzene rings is 1. The molecule has 0 atom stereocenters. The zero-order valence-corrected chi connectivity index (χ0v) is 14.7. The third-order valence-electron chi connectivity index (χ3n) is 3.77. The Hall–Kier alpha value is -2.80. The minimum atomic E-state index is 0.659. The zero-order valence-electron chi connectivity index (χ0n) is 13.8. The Morgan fingerprint density at radius 3 is 2.60 bits per heavy atom. The molecule has 25 heavy (non-hydrogen) atoms. The van der Waals surface area contributed by atoms with Gasteiger partial charge in [0.05, 0.1) is 17.5 Å². The molecule has 7 heteroatoms. The topological polar surface area (TPSA) is 69.9 Å². The molecule has 0 spiro atoms. The van der Waals surface area contributed by atoms with Gasteiger partial charge >= 0.3 is 0 Å². The van der Waals surface area contributed by atoms with Crippen molar-refractivity contribution in [2.75, 3.05) is 0 Å². The highest BCUT2D eigenvalue weighted by Gasteiger charge is 2.19. The van der Waals surface area contributed by atoms with Gasteiger partial charge in [-0.05, 0) is 32.0 Å². The summed E-state index contributed by atoms with van der Waals surface area (Å²) in [4.78, 5) is 0. The Labute approximate surface area is 148 Å². The fraction of sp³-hybridized carbons (Fsp3) is 0.167. The molecule has 0 fully saturated rings. The van der Waals surface area contributed by atoms with Crippen LogP contribution in [0.3, 0.4) is 0 Å². The summed E-state index contributed by atoms with van der Waals surface area (Å²) in [5.41, 5.74) is 2.81. The van der Waals surface area contributed by atoms with Crippen LogP contribution in [0.25, 0.3) is 17.1 Å². The van der Waals surface area contributed by atoms with Crippen LogP contribution in [0.2, 0.25) is 0 Å². The third-order valence-corrected chi connectivity index (χ3v) is 4.74. The Kier molecular flexibility index (Phi) is 4.15. The lowest BCUT2D eigenvalue weighted by Gasteiger charge is -2.09. The monoisotopic (exact) mass is 352 g/mol. The Bertz CT molecular complexity index is 988. The van der Waals surface area contributed by atoms with Crippen LogP contribution in [0.15, 0.2) is 62.8 Å². The first kappa shape index (κ1) is 15.7. The van der Waals surface area contributed by atoms with E-state index in [-0.39, 0.29) is 0 Å². The minimum Gasteiger partial charge on any atom is -0.469 e. The summed E-state index contributed by atoms with van der Waals surface area (Å²) in [5, 5.41) is 13.6. The van der Waals surface area contributed by atoms with Crippen molar-refractivity contribution >= 4 is 11.8 Å². The van der Waals surface area contributed by atoms with Crippen molar-refractivity contribution in [1.82, 2.24) is 19.9 Å². The molecule has 126 valence electrons. The van der Waals surface area contributed by atoms with Gasteiger partial charge in [-0.3, -0.25) is 4.57 Å². The summed E-state index contributed by atoms with van der Waals surface area (Å²) in [5.74, 6) is 3.03. The molecule has 1 aromatic carbocycles. The molecule has 3 aromatic heterocycles. The molecule has 0 aliphatic heterocycles. The SMILES string of the molecule is Cc1cc(CSc2nnc(-c3ccoc3C)n2-c2ccccc2)no1. The molecule has 0 saturated carbocycles. The normalized spacial score (nSPS) is 11.1. The summed E-state index contributed by atoms with van der Waals surface area (Å²) >= 11 is 1.57. The molecular formula is C18H16N4O2S. The van der Waals surface area contributed by atoms with E-state index in [0.717, 1.165) is 39.4 Å². The molecule has 4 rings (SSSR count). The van der Waals surface area contributed by atoms with Gasteiger partial charge in [0.1, 0.15) is 11.5 Å². The summed E-state index contributed by atoms with van der Waals surface area (Å²) in [6.45, 7) is 3.80. The summed E-state index contributed by atoms with van der Waals surface area (Å²) in [6.07, 6.45) is 1.67. The van der Waals surface area contributed by atoms with E-state index in [1.165, 1.54) is 0 Å². The number of rotatable bonds is 5. The lowest BCUT2D eigenvalue weighted by Crippen LogP contribution is -1.99. The van der Waals surface area contributed by atoms with Gasteiger partial charge < -0.3 is 8.94 Å². The largest absolute Gasteiger partial charge is 0.469 e. The van der Waals surface area contributed by atoms with Gasteiger partial charge in [-0.2, -0.15) is 0 Å². The van der Waals surface area contributed by atoms with E-state index in [4.69, 9.17) is 8.94 Å². The third kappa shape index (κ3) is 3.10. The number of hydrogen-bond donors (Lipinski definition) is 0. The molecule has 0 saturated heterocycles. The lowest BCUT2D eigenvalue weighted by atomic mass is 10.2. The molecule has 0 aliphatic carbocycles. The smallest absolute Gasteiger partial charge is 0.196 e. The molecule has 6 nitrogen and oxygen atoms in total. The van der Waals surface area contributed by atoms with Crippen molar-refractivity contribution in [3.63, 3.8) is 0 Å². The fourth-order valence-electron chi connectivity index (χ4n) is 2.59. The van der Waals surface area contributed by atoms with Crippen molar-refractivity contribution in [3.8, 4) is 17.1 Å². The number of furan rings is 1. The van der Waals surface area contributed by atoms with E-state index in [0.29, 0.717) is 5.75 Å². The van der Waals surface area contributed by atoms with Crippen molar-refractivity contribution in [2.45, 2.75) is 24.8 Å². The molecule has 0 N–H and O–H groups in total. The van der Waals surface area contributed by atoms with E-state index in [1.54, 1.807) is 18.0 Å². The summed E-state index contributed by atoms with van der Waals surface area (Å²) < 4.78 is 12.6. The standard InChI is InChI=1S/C18H16N4O2S/c1-12-10-14(21-24-12)11-25-18-20-19-17(16-8-9-23-13(16)2)22(18)15-6-4-3-5-7-15/h3-10H,11H2,1-2H3. The Morgan fingerprint density at radius 2 is 1.92 bits per heavy atom. The molecule has 0 unspecified atom stereocenters. The van der Waals surface area contributed by atoms with Crippen LogP contribution in [0, 0.1) is 13.8 Å². The molecule has 0 amide bonds. The van der Waals surface area contributed by atoms with Crippen molar-refractivity contribution in [3.05, 3.63) is 65.9 Å². The quantitative estimate of drug-likeness (QED) is 0.495. The number of thioether (sulfide) groups is 1. The maximum atomic E-state index is 5.44.